The molecule has 0 fully saturated rings. The summed E-state index contributed by atoms with van der Waals surface area (Å²) in [4.78, 5) is 12.0. The van der Waals surface area contributed by atoms with Crippen molar-refractivity contribution in [3.8, 4) is 0 Å². The molecular formula is C20H19Cl3FNOS. The van der Waals surface area contributed by atoms with Gasteiger partial charge in [-0.05, 0) is 29.7 Å². The van der Waals surface area contributed by atoms with Gasteiger partial charge in [-0.15, -0.1) is 23.2 Å². The van der Waals surface area contributed by atoms with Crippen molar-refractivity contribution in [2.45, 2.75) is 22.9 Å². The van der Waals surface area contributed by atoms with Gasteiger partial charge in [0.05, 0.1) is 5.92 Å². The summed E-state index contributed by atoms with van der Waals surface area (Å²) in [5, 5.41) is 3.38. The lowest BCUT2D eigenvalue weighted by atomic mass is 9.93. The molecule has 1 N–H and O–H groups in total. The smallest absolute Gasteiger partial charge is 0.224 e. The lowest BCUT2D eigenvalue weighted by Gasteiger charge is -2.21. The maximum absolute atomic E-state index is 13.7. The Bertz CT molecular complexity index is 797. The molecule has 144 valence electrons. The van der Waals surface area contributed by atoms with Crippen molar-refractivity contribution < 1.29 is 9.18 Å². The highest BCUT2D eigenvalue weighted by Crippen LogP contribution is 2.43. The van der Waals surface area contributed by atoms with Crippen molar-refractivity contribution in [2.75, 3.05) is 12.3 Å². The summed E-state index contributed by atoms with van der Waals surface area (Å²) in [6.45, 7) is 0.490. The predicted octanol–water partition coefficient (Wildman–Crippen LogP) is 5.59. The van der Waals surface area contributed by atoms with Gasteiger partial charge < -0.3 is 5.32 Å². The van der Waals surface area contributed by atoms with E-state index in [4.69, 9.17) is 34.8 Å². The van der Waals surface area contributed by atoms with Crippen LogP contribution in [-0.2, 0) is 17.0 Å². The number of carbonyl (C=O) groups excluding carboxylic acids is 1. The van der Waals surface area contributed by atoms with Gasteiger partial charge in [0.2, 0.25) is 5.91 Å². The van der Waals surface area contributed by atoms with E-state index in [-0.39, 0.29) is 23.6 Å². The molecule has 0 saturated carbocycles. The molecule has 2 atom stereocenters. The van der Waals surface area contributed by atoms with Gasteiger partial charge in [-0.25, -0.2) is 4.39 Å². The van der Waals surface area contributed by atoms with Crippen LogP contribution in [0.25, 0.3) is 0 Å². The first-order valence-electron chi connectivity index (χ1n) is 8.63. The first-order valence-corrected chi connectivity index (χ1v) is 11.0. The number of amides is 1. The molecule has 0 heterocycles. The number of carbonyl (C=O) groups is 1. The van der Waals surface area contributed by atoms with Crippen molar-refractivity contribution in [2.24, 2.45) is 5.92 Å². The van der Waals surface area contributed by atoms with E-state index in [0.29, 0.717) is 35.1 Å². The third-order valence-electron chi connectivity index (χ3n) is 4.75. The van der Waals surface area contributed by atoms with E-state index in [1.807, 2.05) is 24.3 Å². The predicted molar refractivity (Wildman–Crippen MR) is 112 cm³/mol. The number of alkyl halides is 2. The number of rotatable bonds is 7. The fraction of sp³-hybridized carbons (Fsp3) is 0.350. The fourth-order valence-electron chi connectivity index (χ4n) is 3.41. The molecule has 2 aromatic rings. The third-order valence-corrected chi connectivity index (χ3v) is 6.63. The Kier molecular flexibility index (Phi) is 7.32. The van der Waals surface area contributed by atoms with Crippen LogP contribution in [0.3, 0.4) is 0 Å². The minimum Gasteiger partial charge on any atom is -0.355 e. The molecule has 0 aliphatic heterocycles. The molecule has 1 aliphatic carbocycles. The van der Waals surface area contributed by atoms with Crippen LogP contribution >= 0.6 is 46.6 Å². The van der Waals surface area contributed by atoms with Gasteiger partial charge in [-0.1, -0.05) is 41.9 Å². The van der Waals surface area contributed by atoms with E-state index in [1.165, 1.54) is 17.8 Å². The zero-order valence-electron chi connectivity index (χ0n) is 14.4. The molecule has 0 saturated heterocycles. The summed E-state index contributed by atoms with van der Waals surface area (Å²) >= 11 is 19.9. The van der Waals surface area contributed by atoms with Crippen molar-refractivity contribution in [1.29, 1.82) is 0 Å². The first kappa shape index (κ1) is 20.8. The zero-order valence-corrected chi connectivity index (χ0v) is 17.5. The summed E-state index contributed by atoms with van der Waals surface area (Å²) < 4.78 is 13.7. The molecule has 7 heteroatoms. The topological polar surface area (TPSA) is 29.1 Å². The molecule has 0 bridgehead atoms. The number of halogens is 4. The van der Waals surface area contributed by atoms with Crippen molar-refractivity contribution in [3.63, 3.8) is 0 Å². The maximum atomic E-state index is 13.7. The molecule has 1 aliphatic rings. The monoisotopic (exact) mass is 445 g/mol. The fourth-order valence-corrected chi connectivity index (χ4v) is 5.23. The van der Waals surface area contributed by atoms with E-state index < -0.39 is 4.84 Å². The molecular weight excluding hydrogens is 428 g/mol. The molecule has 1 amide bonds. The lowest BCUT2D eigenvalue weighted by Crippen LogP contribution is -2.35. The molecule has 2 nitrogen and oxygen atoms in total. The summed E-state index contributed by atoms with van der Waals surface area (Å²) in [5.74, 6) is 0.298. The SMILES string of the molecule is O=C(NCCSCc1c(F)cccc1Cl)[C@@H]1Cc2ccccc2[C@H]1C(Cl)Cl. The van der Waals surface area contributed by atoms with E-state index in [9.17, 15) is 9.18 Å². The largest absolute Gasteiger partial charge is 0.355 e. The van der Waals surface area contributed by atoms with Gasteiger partial charge in [-0.2, -0.15) is 11.8 Å². The van der Waals surface area contributed by atoms with Crippen LogP contribution in [0.15, 0.2) is 42.5 Å². The quantitative estimate of drug-likeness (QED) is 0.444. The number of thioether (sulfide) groups is 1. The van der Waals surface area contributed by atoms with Crippen LogP contribution in [0, 0.1) is 11.7 Å². The number of fused-ring (bicyclic) bond motifs is 1. The third kappa shape index (κ3) is 4.92. The number of nitrogens with one attached hydrogen (secondary N) is 1. The van der Waals surface area contributed by atoms with Crippen LogP contribution < -0.4 is 5.32 Å². The van der Waals surface area contributed by atoms with E-state index in [0.717, 1.165) is 11.1 Å². The molecule has 27 heavy (non-hydrogen) atoms. The number of hydrogen-bond acceptors (Lipinski definition) is 2. The zero-order chi connectivity index (χ0) is 19.4. The van der Waals surface area contributed by atoms with Gasteiger partial charge in [0, 0.05) is 34.6 Å². The summed E-state index contributed by atoms with van der Waals surface area (Å²) in [6.07, 6.45) is 0.639. The van der Waals surface area contributed by atoms with Crippen LogP contribution in [-0.4, -0.2) is 23.0 Å². The van der Waals surface area contributed by atoms with Crippen LogP contribution in [0.4, 0.5) is 4.39 Å². The lowest BCUT2D eigenvalue weighted by molar-refractivity contribution is -0.125. The van der Waals surface area contributed by atoms with Crippen LogP contribution in [0.2, 0.25) is 5.02 Å². The Balaban J connectivity index is 1.50. The second-order valence-corrected chi connectivity index (χ2v) is 9.09. The summed E-state index contributed by atoms with van der Waals surface area (Å²) in [5.41, 5.74) is 2.67. The van der Waals surface area contributed by atoms with E-state index in [2.05, 4.69) is 5.32 Å². The molecule has 3 rings (SSSR count). The first-order chi connectivity index (χ1) is 13.0. The van der Waals surface area contributed by atoms with Gasteiger partial charge >= 0.3 is 0 Å². The maximum Gasteiger partial charge on any atom is 0.224 e. The Morgan fingerprint density at radius 2 is 2.00 bits per heavy atom. The Labute approximate surface area is 177 Å². The highest BCUT2D eigenvalue weighted by Gasteiger charge is 2.40. The highest BCUT2D eigenvalue weighted by atomic mass is 35.5. The van der Waals surface area contributed by atoms with Gasteiger partial charge in [0.25, 0.3) is 0 Å². The van der Waals surface area contributed by atoms with Gasteiger partial charge in [0.1, 0.15) is 10.7 Å². The highest BCUT2D eigenvalue weighted by molar-refractivity contribution is 7.98. The van der Waals surface area contributed by atoms with Crippen LogP contribution in [0.1, 0.15) is 22.6 Å². The minimum absolute atomic E-state index is 0.0491. The molecule has 2 aromatic carbocycles. The minimum atomic E-state index is -0.637. The molecule has 0 spiro atoms. The number of benzene rings is 2. The summed E-state index contributed by atoms with van der Waals surface area (Å²) in [7, 11) is 0. The standard InChI is InChI=1S/C20H19Cl3FNOS/c21-16-6-3-7-17(24)15(16)11-27-9-8-25-20(26)14-10-12-4-1-2-5-13(12)18(14)19(22)23/h1-7,14,18-19H,8-11H2,(H,25,26)/t14-,18-/m1/s1. The van der Waals surface area contributed by atoms with Gasteiger partial charge in [-0.3, -0.25) is 4.79 Å². The second kappa shape index (κ2) is 9.51. The second-order valence-electron chi connectivity index (χ2n) is 6.41. The van der Waals surface area contributed by atoms with Crippen LogP contribution in [0.5, 0.6) is 0 Å². The van der Waals surface area contributed by atoms with E-state index in [1.54, 1.807) is 12.1 Å². The average Bonchev–Trinajstić information content (AvgIpc) is 3.03. The Morgan fingerprint density at radius 1 is 1.22 bits per heavy atom. The molecule has 0 aromatic heterocycles. The van der Waals surface area contributed by atoms with Crippen molar-refractivity contribution in [1.82, 2.24) is 5.32 Å². The van der Waals surface area contributed by atoms with Gasteiger partial charge in [0.15, 0.2) is 0 Å². The molecule has 0 unspecified atom stereocenters. The Hall–Kier alpha value is -0.940. The molecule has 0 radical (unpaired) electrons. The normalized spacial score (nSPS) is 18.6. The van der Waals surface area contributed by atoms with Crippen molar-refractivity contribution in [3.05, 3.63) is 70.0 Å². The van der Waals surface area contributed by atoms with Crippen molar-refractivity contribution >= 4 is 52.5 Å². The Morgan fingerprint density at radius 3 is 2.74 bits per heavy atom. The van der Waals surface area contributed by atoms with E-state index >= 15 is 0 Å². The average molecular weight is 447 g/mol. The number of hydrogen-bond donors (Lipinski definition) is 1. The summed E-state index contributed by atoms with van der Waals surface area (Å²) in [6, 6.07) is 12.6.